The van der Waals surface area contributed by atoms with Crippen molar-refractivity contribution in [1.82, 2.24) is 13.7 Å². The Hall–Kier alpha value is -0.760. The monoisotopic (exact) mass is 345 g/mol. The number of pyridine rings is 1. The van der Waals surface area contributed by atoms with Crippen molar-refractivity contribution >= 4 is 39.0 Å². The molecule has 1 aliphatic heterocycles. The summed E-state index contributed by atoms with van der Waals surface area (Å²) in [6, 6.07) is 5.32. The third-order valence-electron chi connectivity index (χ3n) is 3.59. The second kappa shape index (κ2) is 5.79. The minimum Gasteiger partial charge on any atom is -0.288 e. The summed E-state index contributed by atoms with van der Waals surface area (Å²) in [6.07, 6.45) is 2.63. The van der Waals surface area contributed by atoms with E-state index in [4.69, 9.17) is 11.6 Å². The van der Waals surface area contributed by atoms with Crippen molar-refractivity contribution in [2.75, 3.05) is 18.8 Å². The lowest BCUT2D eigenvalue weighted by atomic mass is 10.3. The van der Waals surface area contributed by atoms with Gasteiger partial charge in [-0.05, 0) is 18.6 Å². The number of rotatable bonds is 3. The Kier molecular flexibility index (Phi) is 4.18. The second-order valence-electron chi connectivity index (χ2n) is 4.90. The minimum absolute atomic E-state index is 0.0347. The number of imidazole rings is 1. The van der Waals surface area contributed by atoms with Crippen LogP contribution in [0.3, 0.4) is 0 Å². The maximum Gasteiger partial charge on any atom is 0.262 e. The number of thioether (sulfide) groups is 1. The molecule has 3 rings (SSSR count). The number of sulfonamides is 1. The number of hydrogen-bond acceptors (Lipinski definition) is 4. The van der Waals surface area contributed by atoms with Gasteiger partial charge in [0, 0.05) is 30.3 Å². The fraction of sp³-hybridized carbons (Fsp3) is 0.462. The van der Waals surface area contributed by atoms with Crippen LogP contribution in [0.15, 0.2) is 29.4 Å². The van der Waals surface area contributed by atoms with Gasteiger partial charge in [-0.3, -0.25) is 4.40 Å². The molecule has 1 atom stereocenters. The van der Waals surface area contributed by atoms with Crippen LogP contribution in [0.2, 0.25) is 5.15 Å². The van der Waals surface area contributed by atoms with Gasteiger partial charge < -0.3 is 0 Å². The van der Waals surface area contributed by atoms with Gasteiger partial charge in [0.2, 0.25) is 0 Å². The predicted molar refractivity (Wildman–Crippen MR) is 85.5 cm³/mol. The van der Waals surface area contributed by atoms with Crippen LogP contribution in [-0.2, 0) is 10.0 Å². The molecule has 1 unspecified atom stereocenters. The average molecular weight is 346 g/mol. The Morgan fingerprint density at radius 1 is 1.48 bits per heavy atom. The zero-order valence-corrected chi connectivity index (χ0v) is 14.0. The van der Waals surface area contributed by atoms with Crippen LogP contribution in [0.25, 0.3) is 5.65 Å². The van der Waals surface area contributed by atoms with Crippen molar-refractivity contribution in [3.8, 4) is 0 Å². The Morgan fingerprint density at radius 2 is 2.29 bits per heavy atom. The molecule has 0 aliphatic carbocycles. The highest BCUT2D eigenvalue weighted by atomic mass is 35.5. The van der Waals surface area contributed by atoms with Crippen LogP contribution in [-0.4, -0.2) is 46.2 Å². The van der Waals surface area contributed by atoms with Crippen LogP contribution < -0.4 is 0 Å². The van der Waals surface area contributed by atoms with Gasteiger partial charge >= 0.3 is 0 Å². The average Bonchev–Trinajstić information content (AvgIpc) is 2.83. The molecule has 1 saturated heterocycles. The first-order valence-electron chi connectivity index (χ1n) is 6.78. The van der Waals surface area contributed by atoms with Gasteiger partial charge in [0.05, 0.1) is 0 Å². The Morgan fingerprint density at radius 3 is 3.05 bits per heavy atom. The topological polar surface area (TPSA) is 54.7 Å². The molecule has 1 fully saturated rings. The van der Waals surface area contributed by atoms with Gasteiger partial charge in [-0.25, -0.2) is 13.4 Å². The fourth-order valence-corrected chi connectivity index (χ4v) is 5.93. The van der Waals surface area contributed by atoms with Crippen molar-refractivity contribution < 1.29 is 8.42 Å². The molecular weight excluding hydrogens is 330 g/mol. The summed E-state index contributed by atoms with van der Waals surface area (Å²) in [5.74, 6) is 0.812. The Labute approximate surface area is 133 Å². The van der Waals surface area contributed by atoms with Crippen LogP contribution in [0, 0.1) is 0 Å². The summed E-state index contributed by atoms with van der Waals surface area (Å²) < 4.78 is 28.9. The summed E-state index contributed by atoms with van der Waals surface area (Å²) in [5, 5.41) is 0.445. The first-order valence-corrected chi connectivity index (χ1v) is 9.65. The van der Waals surface area contributed by atoms with Crippen molar-refractivity contribution in [3.63, 3.8) is 0 Å². The maximum atomic E-state index is 12.9. The van der Waals surface area contributed by atoms with Crippen molar-refractivity contribution in [2.24, 2.45) is 0 Å². The first kappa shape index (κ1) is 15.1. The molecule has 2 aromatic heterocycles. The molecule has 21 heavy (non-hydrogen) atoms. The molecule has 0 spiro atoms. The molecule has 1 aliphatic rings. The summed E-state index contributed by atoms with van der Waals surface area (Å²) in [5.41, 5.74) is 0.541. The molecule has 0 saturated carbocycles. The summed E-state index contributed by atoms with van der Waals surface area (Å²) >= 11 is 7.93. The third kappa shape index (κ3) is 2.67. The van der Waals surface area contributed by atoms with Crippen molar-refractivity contribution in [1.29, 1.82) is 0 Å². The molecule has 2 aromatic rings. The van der Waals surface area contributed by atoms with E-state index >= 15 is 0 Å². The number of aromatic nitrogens is 2. The maximum absolute atomic E-state index is 12.9. The Balaban J connectivity index is 2.06. The first-order chi connectivity index (χ1) is 10.0. The Bertz CT molecular complexity index is 760. The third-order valence-corrected chi connectivity index (χ3v) is 7.23. The van der Waals surface area contributed by atoms with Gasteiger partial charge in [-0.1, -0.05) is 24.6 Å². The van der Waals surface area contributed by atoms with Crippen LogP contribution in [0.4, 0.5) is 0 Å². The highest BCUT2D eigenvalue weighted by molar-refractivity contribution is 8.00. The normalized spacial score (nSPS) is 21.0. The van der Waals surface area contributed by atoms with Gasteiger partial charge in [-0.15, -0.1) is 0 Å². The molecule has 8 heteroatoms. The smallest absolute Gasteiger partial charge is 0.262 e. The quantitative estimate of drug-likeness (QED) is 0.857. The van der Waals surface area contributed by atoms with Crippen LogP contribution in [0.5, 0.6) is 0 Å². The number of fused-ring (bicyclic) bond motifs is 1. The van der Waals surface area contributed by atoms with Crippen LogP contribution in [0.1, 0.15) is 13.3 Å². The molecule has 5 nitrogen and oxygen atoms in total. The zero-order chi connectivity index (χ0) is 15.0. The number of hydrogen-bond donors (Lipinski definition) is 0. The van der Waals surface area contributed by atoms with E-state index in [0.717, 1.165) is 12.2 Å². The second-order valence-corrected chi connectivity index (χ2v) is 8.52. The summed E-state index contributed by atoms with van der Waals surface area (Å²) in [6.45, 7) is 3.12. The van der Waals surface area contributed by atoms with Crippen molar-refractivity contribution in [3.05, 3.63) is 29.5 Å². The number of halogens is 1. The highest BCUT2D eigenvalue weighted by Gasteiger charge is 2.34. The summed E-state index contributed by atoms with van der Waals surface area (Å²) in [4.78, 5) is 4.13. The van der Waals surface area contributed by atoms with E-state index in [-0.39, 0.29) is 10.2 Å². The van der Waals surface area contributed by atoms with Gasteiger partial charge in [0.1, 0.15) is 5.65 Å². The van der Waals surface area contributed by atoms with Crippen molar-refractivity contribution in [2.45, 2.75) is 23.6 Å². The molecular formula is C13H16ClN3O2S2. The standard InChI is InChI=1S/C13H16ClN3O2S2/c1-2-10-9-16(7-8-20-10)21(18,19)13-12(14)15-11-5-3-4-6-17(11)13/h3-6,10H,2,7-9H2,1H3. The van der Waals surface area contributed by atoms with E-state index in [2.05, 4.69) is 11.9 Å². The molecule has 3 heterocycles. The highest BCUT2D eigenvalue weighted by Crippen LogP contribution is 2.29. The molecule has 0 aromatic carbocycles. The summed E-state index contributed by atoms with van der Waals surface area (Å²) in [7, 11) is -3.63. The van der Waals surface area contributed by atoms with Gasteiger partial charge in [0.25, 0.3) is 10.0 Å². The van der Waals surface area contributed by atoms with Gasteiger partial charge in [-0.2, -0.15) is 16.1 Å². The predicted octanol–water partition coefficient (Wildman–Crippen LogP) is 2.50. The van der Waals surface area contributed by atoms with E-state index in [1.54, 1.807) is 28.8 Å². The lowest BCUT2D eigenvalue weighted by Crippen LogP contribution is -2.42. The largest absolute Gasteiger partial charge is 0.288 e. The van der Waals surface area contributed by atoms with Crippen LogP contribution >= 0.6 is 23.4 Å². The molecule has 0 N–H and O–H groups in total. The van der Waals surface area contributed by atoms with E-state index in [0.29, 0.717) is 24.0 Å². The molecule has 114 valence electrons. The van der Waals surface area contributed by atoms with E-state index in [1.807, 2.05) is 11.8 Å². The lowest BCUT2D eigenvalue weighted by molar-refractivity contribution is 0.413. The van der Waals surface area contributed by atoms with E-state index < -0.39 is 10.0 Å². The molecule has 0 amide bonds. The zero-order valence-electron chi connectivity index (χ0n) is 11.6. The number of nitrogens with zero attached hydrogens (tertiary/aromatic N) is 3. The van der Waals surface area contributed by atoms with E-state index in [9.17, 15) is 8.42 Å². The minimum atomic E-state index is -3.63. The van der Waals surface area contributed by atoms with E-state index in [1.165, 1.54) is 4.31 Å². The SMILES string of the molecule is CCC1CN(S(=O)(=O)c2c(Cl)nc3ccccn23)CCS1. The molecule has 0 radical (unpaired) electrons. The fourth-order valence-electron chi connectivity index (χ4n) is 2.46. The lowest BCUT2D eigenvalue weighted by Gasteiger charge is -2.30. The van der Waals surface area contributed by atoms with Gasteiger partial charge in [0.15, 0.2) is 10.2 Å². The molecule has 0 bridgehead atoms.